The first-order chi connectivity index (χ1) is 5.22. The van der Waals surface area contributed by atoms with Crippen molar-refractivity contribution in [3.05, 3.63) is 37.0 Å². The van der Waals surface area contributed by atoms with Crippen LogP contribution in [0.4, 0.5) is 0 Å². The van der Waals surface area contributed by atoms with Gasteiger partial charge in [-0.3, -0.25) is 0 Å². The van der Waals surface area contributed by atoms with Crippen LogP contribution in [0.3, 0.4) is 0 Å². The Bertz CT molecular complexity index is 156. The minimum atomic E-state index is 0.177. The second-order valence-corrected chi connectivity index (χ2v) is 2.63. The Balaban J connectivity index is 3.78. The zero-order valence-electron chi connectivity index (χ0n) is 7.09. The molecule has 0 heterocycles. The molecule has 0 bridgehead atoms. The molecule has 1 atom stereocenters. The van der Waals surface area contributed by atoms with Crippen molar-refractivity contribution in [2.75, 3.05) is 6.61 Å². The number of aliphatic hydroxyl groups excluding tert-OH is 1. The first-order valence-corrected chi connectivity index (χ1v) is 3.76. The Morgan fingerprint density at radius 3 is 2.64 bits per heavy atom. The molecular weight excluding hydrogens is 136 g/mol. The van der Waals surface area contributed by atoms with Gasteiger partial charge in [0.05, 0.1) is 0 Å². The lowest BCUT2D eigenvalue weighted by Crippen LogP contribution is -2.04. The average molecular weight is 152 g/mol. The SMILES string of the molecule is C=CC=CCC(CO)C(=C)C. The van der Waals surface area contributed by atoms with Crippen LogP contribution >= 0.6 is 0 Å². The Kier molecular flexibility index (Phi) is 5.49. The van der Waals surface area contributed by atoms with E-state index in [0.717, 1.165) is 12.0 Å². The van der Waals surface area contributed by atoms with Gasteiger partial charge in [-0.15, -0.1) is 0 Å². The predicted octanol–water partition coefficient (Wildman–Crippen LogP) is 2.30. The van der Waals surface area contributed by atoms with Crippen molar-refractivity contribution in [1.29, 1.82) is 0 Å². The summed E-state index contributed by atoms with van der Waals surface area (Å²) in [6.07, 6.45) is 6.44. The van der Waals surface area contributed by atoms with Gasteiger partial charge in [0.1, 0.15) is 0 Å². The molecule has 0 rings (SSSR count). The fourth-order valence-corrected chi connectivity index (χ4v) is 0.771. The fraction of sp³-hybridized carbons (Fsp3) is 0.400. The molecule has 0 amide bonds. The molecule has 0 aliphatic rings. The van der Waals surface area contributed by atoms with E-state index in [2.05, 4.69) is 13.2 Å². The van der Waals surface area contributed by atoms with E-state index in [1.807, 2.05) is 19.1 Å². The van der Waals surface area contributed by atoms with Crippen LogP contribution in [-0.2, 0) is 0 Å². The summed E-state index contributed by atoms with van der Waals surface area (Å²) in [5.41, 5.74) is 1.03. The van der Waals surface area contributed by atoms with Gasteiger partial charge < -0.3 is 5.11 Å². The van der Waals surface area contributed by atoms with Crippen LogP contribution < -0.4 is 0 Å². The van der Waals surface area contributed by atoms with Crippen molar-refractivity contribution in [1.82, 2.24) is 0 Å². The number of allylic oxidation sites excluding steroid dienone is 3. The number of rotatable bonds is 5. The van der Waals surface area contributed by atoms with Crippen molar-refractivity contribution >= 4 is 0 Å². The van der Waals surface area contributed by atoms with E-state index in [-0.39, 0.29) is 12.5 Å². The van der Waals surface area contributed by atoms with E-state index in [9.17, 15) is 0 Å². The highest BCUT2D eigenvalue weighted by Gasteiger charge is 2.03. The topological polar surface area (TPSA) is 20.2 Å². The molecule has 0 aromatic heterocycles. The third-order valence-corrected chi connectivity index (χ3v) is 1.61. The highest BCUT2D eigenvalue weighted by molar-refractivity contribution is 5.03. The summed E-state index contributed by atoms with van der Waals surface area (Å²) in [5.74, 6) is 0.200. The van der Waals surface area contributed by atoms with Crippen LogP contribution in [-0.4, -0.2) is 11.7 Å². The second-order valence-electron chi connectivity index (χ2n) is 2.63. The lowest BCUT2D eigenvalue weighted by Gasteiger charge is -2.09. The number of hydrogen-bond donors (Lipinski definition) is 1. The molecule has 0 aromatic rings. The molecule has 0 fully saturated rings. The van der Waals surface area contributed by atoms with Gasteiger partial charge in [0.2, 0.25) is 0 Å². The summed E-state index contributed by atoms with van der Waals surface area (Å²) >= 11 is 0. The standard InChI is InChI=1S/C10H16O/c1-4-5-6-7-10(8-11)9(2)3/h4-6,10-11H,1-2,7-8H2,3H3. The van der Waals surface area contributed by atoms with E-state index >= 15 is 0 Å². The zero-order valence-corrected chi connectivity index (χ0v) is 7.09. The summed E-state index contributed by atoms with van der Waals surface area (Å²) in [7, 11) is 0. The largest absolute Gasteiger partial charge is 0.396 e. The molecular formula is C10H16O. The van der Waals surface area contributed by atoms with Crippen molar-refractivity contribution in [2.45, 2.75) is 13.3 Å². The van der Waals surface area contributed by atoms with Crippen LogP contribution in [0.5, 0.6) is 0 Å². The summed E-state index contributed by atoms with van der Waals surface area (Å²) in [6, 6.07) is 0. The molecule has 11 heavy (non-hydrogen) atoms. The minimum absolute atomic E-state index is 0.177. The Labute approximate surface area is 68.7 Å². The van der Waals surface area contributed by atoms with Crippen LogP contribution in [0.15, 0.2) is 37.0 Å². The lowest BCUT2D eigenvalue weighted by molar-refractivity contribution is 0.247. The van der Waals surface area contributed by atoms with Crippen LogP contribution in [0, 0.1) is 5.92 Å². The van der Waals surface area contributed by atoms with E-state index in [0.29, 0.717) is 0 Å². The number of aliphatic hydroxyl groups is 1. The van der Waals surface area contributed by atoms with Crippen LogP contribution in [0.25, 0.3) is 0 Å². The first kappa shape index (κ1) is 10.2. The molecule has 62 valence electrons. The Hall–Kier alpha value is -0.820. The van der Waals surface area contributed by atoms with E-state index in [4.69, 9.17) is 5.11 Å². The molecule has 0 saturated heterocycles. The molecule has 1 unspecified atom stereocenters. The molecule has 0 aromatic carbocycles. The molecule has 1 heteroatoms. The van der Waals surface area contributed by atoms with Crippen LogP contribution in [0.2, 0.25) is 0 Å². The highest BCUT2D eigenvalue weighted by atomic mass is 16.3. The Morgan fingerprint density at radius 1 is 1.64 bits per heavy atom. The lowest BCUT2D eigenvalue weighted by atomic mass is 9.99. The van der Waals surface area contributed by atoms with E-state index in [1.165, 1.54) is 0 Å². The Morgan fingerprint density at radius 2 is 2.27 bits per heavy atom. The third-order valence-electron chi connectivity index (χ3n) is 1.61. The van der Waals surface area contributed by atoms with Gasteiger partial charge in [0.15, 0.2) is 0 Å². The summed E-state index contributed by atoms with van der Waals surface area (Å²) in [6.45, 7) is 9.45. The molecule has 0 spiro atoms. The predicted molar refractivity (Wildman–Crippen MR) is 49.3 cm³/mol. The minimum Gasteiger partial charge on any atom is -0.396 e. The second kappa shape index (κ2) is 5.93. The normalized spacial score (nSPS) is 13.3. The fourth-order valence-electron chi connectivity index (χ4n) is 0.771. The van der Waals surface area contributed by atoms with Gasteiger partial charge in [0.25, 0.3) is 0 Å². The van der Waals surface area contributed by atoms with Gasteiger partial charge in [-0.2, -0.15) is 0 Å². The third kappa shape index (κ3) is 4.57. The highest BCUT2D eigenvalue weighted by Crippen LogP contribution is 2.12. The monoisotopic (exact) mass is 152 g/mol. The van der Waals surface area contributed by atoms with Gasteiger partial charge in [0, 0.05) is 12.5 Å². The number of hydrogen-bond acceptors (Lipinski definition) is 1. The van der Waals surface area contributed by atoms with Crippen molar-refractivity contribution in [3.8, 4) is 0 Å². The quantitative estimate of drug-likeness (QED) is 0.473. The zero-order chi connectivity index (χ0) is 8.69. The smallest absolute Gasteiger partial charge is 0.0499 e. The van der Waals surface area contributed by atoms with E-state index in [1.54, 1.807) is 6.08 Å². The molecule has 1 nitrogen and oxygen atoms in total. The van der Waals surface area contributed by atoms with Crippen molar-refractivity contribution < 1.29 is 5.11 Å². The van der Waals surface area contributed by atoms with Crippen molar-refractivity contribution in [2.24, 2.45) is 5.92 Å². The first-order valence-electron chi connectivity index (χ1n) is 3.76. The average Bonchev–Trinajstić information content (AvgIpc) is 1.97. The van der Waals surface area contributed by atoms with Crippen molar-refractivity contribution in [3.63, 3.8) is 0 Å². The molecule has 0 saturated carbocycles. The van der Waals surface area contributed by atoms with Gasteiger partial charge in [-0.1, -0.05) is 37.0 Å². The van der Waals surface area contributed by atoms with Gasteiger partial charge in [-0.05, 0) is 13.3 Å². The van der Waals surface area contributed by atoms with Gasteiger partial charge >= 0.3 is 0 Å². The van der Waals surface area contributed by atoms with E-state index < -0.39 is 0 Å². The maximum atomic E-state index is 8.88. The summed E-state index contributed by atoms with van der Waals surface area (Å²) in [4.78, 5) is 0. The van der Waals surface area contributed by atoms with Crippen LogP contribution in [0.1, 0.15) is 13.3 Å². The maximum Gasteiger partial charge on any atom is 0.0499 e. The summed E-state index contributed by atoms with van der Waals surface area (Å²) in [5, 5.41) is 8.88. The molecule has 0 aliphatic carbocycles. The molecule has 1 N–H and O–H groups in total. The maximum absolute atomic E-state index is 8.88. The summed E-state index contributed by atoms with van der Waals surface area (Å²) < 4.78 is 0. The molecule has 0 aliphatic heterocycles. The molecule has 0 radical (unpaired) electrons. The van der Waals surface area contributed by atoms with Gasteiger partial charge in [-0.25, -0.2) is 0 Å².